The van der Waals surface area contributed by atoms with Crippen LogP contribution in [0.1, 0.15) is 6.92 Å². The van der Waals surface area contributed by atoms with Crippen LogP contribution in [-0.4, -0.2) is 29.0 Å². The molecular weight excluding hydrogens is 382 g/mol. The molecule has 0 heterocycles. The van der Waals surface area contributed by atoms with E-state index in [9.17, 15) is 25.0 Å². The molecule has 10 nitrogen and oxygen atoms in total. The zero-order valence-electron chi connectivity index (χ0n) is 14.2. The molecule has 0 radical (unpaired) electrons. The second-order valence-electron chi connectivity index (χ2n) is 5.26. The van der Waals surface area contributed by atoms with Crippen molar-refractivity contribution in [1.82, 2.24) is 0 Å². The summed E-state index contributed by atoms with van der Waals surface area (Å²) in [4.78, 5) is 33.0. The molecule has 142 valence electrons. The smallest absolute Gasteiger partial charge is 0.312 e. The molecule has 0 fully saturated rings. The van der Waals surface area contributed by atoms with Crippen LogP contribution in [-0.2, 0) is 4.79 Å². The van der Waals surface area contributed by atoms with Crippen molar-refractivity contribution in [1.29, 1.82) is 0 Å². The highest BCUT2D eigenvalue weighted by atomic mass is 35.5. The maximum atomic E-state index is 12.4. The summed E-state index contributed by atoms with van der Waals surface area (Å²) >= 11 is 5.73. The molecule has 0 aliphatic carbocycles. The number of nitrogens with one attached hydrogen (secondary N) is 1. The number of non-ortho nitro benzene ring substituents is 1. The minimum Gasteiger partial charge on any atom is -0.495 e. The van der Waals surface area contributed by atoms with Gasteiger partial charge in [-0.3, -0.25) is 25.0 Å². The fraction of sp³-hybridized carbons (Fsp3) is 0.188. The number of carbonyl (C=O) groups excluding carboxylic acids is 1. The van der Waals surface area contributed by atoms with Gasteiger partial charge >= 0.3 is 5.69 Å². The van der Waals surface area contributed by atoms with E-state index >= 15 is 0 Å². The van der Waals surface area contributed by atoms with Gasteiger partial charge < -0.3 is 14.8 Å². The van der Waals surface area contributed by atoms with Gasteiger partial charge in [-0.1, -0.05) is 11.6 Å². The number of nitro benzene ring substituents is 2. The van der Waals surface area contributed by atoms with Crippen LogP contribution in [0.5, 0.6) is 11.5 Å². The van der Waals surface area contributed by atoms with E-state index < -0.39 is 27.5 Å². The molecule has 0 unspecified atom stereocenters. The first-order valence-electron chi connectivity index (χ1n) is 7.46. The molecule has 0 saturated carbocycles. The molecule has 27 heavy (non-hydrogen) atoms. The monoisotopic (exact) mass is 395 g/mol. The van der Waals surface area contributed by atoms with Gasteiger partial charge in [0.2, 0.25) is 0 Å². The Morgan fingerprint density at radius 3 is 2.37 bits per heavy atom. The Balaban J connectivity index is 2.21. The highest BCUT2D eigenvalue weighted by molar-refractivity contribution is 6.30. The van der Waals surface area contributed by atoms with Gasteiger partial charge in [0, 0.05) is 23.2 Å². The van der Waals surface area contributed by atoms with Gasteiger partial charge in [0.05, 0.1) is 22.6 Å². The van der Waals surface area contributed by atoms with Crippen molar-refractivity contribution in [3.8, 4) is 11.5 Å². The Labute approximate surface area is 157 Å². The van der Waals surface area contributed by atoms with Crippen molar-refractivity contribution in [3.05, 3.63) is 61.6 Å². The number of hydrogen-bond donors (Lipinski definition) is 1. The predicted octanol–water partition coefficient (Wildman–Crippen LogP) is 3.57. The summed E-state index contributed by atoms with van der Waals surface area (Å²) in [6.45, 7) is 1.37. The van der Waals surface area contributed by atoms with Crippen LogP contribution in [0.3, 0.4) is 0 Å². The number of benzene rings is 2. The summed E-state index contributed by atoms with van der Waals surface area (Å²) in [5.41, 5.74) is -0.569. The van der Waals surface area contributed by atoms with E-state index in [4.69, 9.17) is 21.1 Å². The molecule has 11 heteroatoms. The van der Waals surface area contributed by atoms with Gasteiger partial charge in [0.25, 0.3) is 11.6 Å². The molecule has 2 rings (SSSR count). The van der Waals surface area contributed by atoms with E-state index in [-0.39, 0.29) is 27.9 Å². The first-order chi connectivity index (χ1) is 12.7. The summed E-state index contributed by atoms with van der Waals surface area (Å²) in [7, 11) is 1.34. The van der Waals surface area contributed by atoms with Gasteiger partial charge in [-0.05, 0) is 25.1 Å². The Bertz CT molecular complexity index is 904. The normalized spacial score (nSPS) is 11.4. The van der Waals surface area contributed by atoms with Crippen molar-refractivity contribution >= 4 is 34.6 Å². The number of nitrogens with zero attached hydrogens (tertiary/aromatic N) is 2. The molecule has 0 bridgehead atoms. The molecule has 2 aromatic rings. The Morgan fingerprint density at radius 1 is 1.11 bits per heavy atom. The molecule has 0 aliphatic heterocycles. The lowest BCUT2D eigenvalue weighted by Gasteiger charge is -2.16. The number of carbonyl (C=O) groups is 1. The molecule has 2 aromatic carbocycles. The van der Waals surface area contributed by atoms with Gasteiger partial charge in [-0.15, -0.1) is 0 Å². The van der Waals surface area contributed by atoms with Gasteiger partial charge in [-0.25, -0.2) is 0 Å². The number of methoxy groups -OCH3 is 1. The van der Waals surface area contributed by atoms with E-state index in [2.05, 4.69) is 5.32 Å². The SMILES string of the molecule is COc1ccc([N+](=O)[O-])cc1NC(=O)[C@H](C)Oc1ccc(Cl)cc1[N+](=O)[O-]. The second-order valence-corrected chi connectivity index (χ2v) is 5.70. The Morgan fingerprint density at radius 2 is 1.78 bits per heavy atom. The van der Waals surface area contributed by atoms with Gasteiger partial charge in [-0.2, -0.15) is 0 Å². The average Bonchev–Trinajstić information content (AvgIpc) is 2.62. The standard InChI is InChI=1S/C16H14ClN3O7/c1-9(27-15-5-3-10(17)7-13(15)20(24)25)16(21)18-12-8-11(19(22)23)4-6-14(12)26-2/h3-9H,1-2H3,(H,18,21)/t9-/m0/s1. The fourth-order valence-electron chi connectivity index (χ4n) is 2.12. The number of nitro groups is 2. The Kier molecular flexibility index (Phi) is 6.14. The van der Waals surface area contributed by atoms with Crippen LogP contribution < -0.4 is 14.8 Å². The lowest BCUT2D eigenvalue weighted by molar-refractivity contribution is -0.386. The summed E-state index contributed by atoms with van der Waals surface area (Å²) in [6, 6.07) is 7.46. The topological polar surface area (TPSA) is 134 Å². The number of ether oxygens (including phenoxy) is 2. The first-order valence-corrected chi connectivity index (χ1v) is 7.84. The molecule has 0 aliphatic rings. The highest BCUT2D eigenvalue weighted by Gasteiger charge is 2.23. The minimum atomic E-state index is -1.14. The lowest BCUT2D eigenvalue weighted by atomic mass is 10.2. The van der Waals surface area contributed by atoms with E-state index in [0.717, 1.165) is 12.1 Å². The number of hydrogen-bond acceptors (Lipinski definition) is 7. The molecule has 0 spiro atoms. The van der Waals surface area contributed by atoms with Crippen LogP contribution in [0.15, 0.2) is 36.4 Å². The van der Waals surface area contributed by atoms with Crippen LogP contribution in [0.25, 0.3) is 0 Å². The summed E-state index contributed by atoms with van der Waals surface area (Å²) < 4.78 is 10.4. The van der Waals surface area contributed by atoms with Crippen molar-refractivity contribution in [2.45, 2.75) is 13.0 Å². The van der Waals surface area contributed by atoms with E-state index in [1.54, 1.807) is 0 Å². The zero-order chi connectivity index (χ0) is 20.1. The van der Waals surface area contributed by atoms with Crippen molar-refractivity contribution in [2.75, 3.05) is 12.4 Å². The van der Waals surface area contributed by atoms with E-state index in [1.165, 1.54) is 38.3 Å². The summed E-state index contributed by atoms with van der Waals surface area (Å²) in [5, 5.41) is 24.6. The van der Waals surface area contributed by atoms with Crippen molar-refractivity contribution in [2.24, 2.45) is 0 Å². The van der Waals surface area contributed by atoms with Crippen LogP contribution in [0.2, 0.25) is 5.02 Å². The third-order valence-corrected chi connectivity index (χ3v) is 3.68. The van der Waals surface area contributed by atoms with Crippen LogP contribution in [0.4, 0.5) is 17.1 Å². The zero-order valence-corrected chi connectivity index (χ0v) is 14.9. The second kappa shape index (κ2) is 8.32. The van der Waals surface area contributed by atoms with Crippen LogP contribution in [0, 0.1) is 20.2 Å². The maximum Gasteiger partial charge on any atom is 0.312 e. The van der Waals surface area contributed by atoms with Gasteiger partial charge in [0.15, 0.2) is 11.9 Å². The molecule has 1 N–H and O–H groups in total. The van der Waals surface area contributed by atoms with Crippen molar-refractivity contribution in [3.63, 3.8) is 0 Å². The number of anilines is 1. The lowest BCUT2D eigenvalue weighted by Crippen LogP contribution is -2.30. The molecule has 1 amide bonds. The largest absolute Gasteiger partial charge is 0.495 e. The third-order valence-electron chi connectivity index (χ3n) is 3.44. The number of amides is 1. The predicted molar refractivity (Wildman–Crippen MR) is 96.5 cm³/mol. The van der Waals surface area contributed by atoms with Gasteiger partial charge in [0.1, 0.15) is 5.75 Å². The Hall–Kier alpha value is -3.40. The molecule has 1 atom stereocenters. The van der Waals surface area contributed by atoms with E-state index in [0.29, 0.717) is 0 Å². The first kappa shape index (κ1) is 19.9. The number of halogens is 1. The minimum absolute atomic E-state index is 0.0674. The summed E-state index contributed by atoms with van der Waals surface area (Å²) in [5.74, 6) is -0.616. The number of rotatable bonds is 7. The molecule has 0 saturated heterocycles. The molecule has 0 aromatic heterocycles. The average molecular weight is 396 g/mol. The molecular formula is C16H14ClN3O7. The van der Waals surface area contributed by atoms with E-state index in [1.807, 2.05) is 0 Å². The maximum absolute atomic E-state index is 12.4. The highest BCUT2D eigenvalue weighted by Crippen LogP contribution is 2.32. The van der Waals surface area contributed by atoms with Crippen molar-refractivity contribution < 1.29 is 24.1 Å². The third kappa shape index (κ3) is 4.82. The quantitative estimate of drug-likeness (QED) is 0.559. The fourth-order valence-corrected chi connectivity index (χ4v) is 2.28. The summed E-state index contributed by atoms with van der Waals surface area (Å²) in [6.07, 6.45) is -1.14. The van der Waals surface area contributed by atoms with Crippen LogP contribution >= 0.6 is 11.6 Å².